The van der Waals surface area contributed by atoms with Crippen LogP contribution in [0.3, 0.4) is 0 Å². The predicted molar refractivity (Wildman–Crippen MR) is 108 cm³/mol. The number of hydrogen-bond acceptors (Lipinski definition) is 6. The van der Waals surface area contributed by atoms with Gasteiger partial charge in [0.25, 0.3) is 5.91 Å². The Balaban J connectivity index is 2.27. The van der Waals surface area contributed by atoms with E-state index in [9.17, 15) is 18.8 Å². The summed E-state index contributed by atoms with van der Waals surface area (Å²) in [6, 6.07) is 2.31. The number of aliphatic carboxylic acids is 1. The molecular formula is C21H28FN3O5. The third-order valence-electron chi connectivity index (χ3n) is 5.19. The molecule has 164 valence electrons. The van der Waals surface area contributed by atoms with E-state index in [0.29, 0.717) is 11.4 Å². The quantitative estimate of drug-likeness (QED) is 0.665. The molecule has 1 aliphatic rings. The van der Waals surface area contributed by atoms with E-state index in [1.807, 2.05) is 12.1 Å². The number of carbonyl (C=O) groups is 3. The molecule has 0 aliphatic carbocycles. The van der Waals surface area contributed by atoms with Crippen LogP contribution in [0.25, 0.3) is 0 Å². The van der Waals surface area contributed by atoms with Gasteiger partial charge in [0, 0.05) is 18.5 Å². The summed E-state index contributed by atoms with van der Waals surface area (Å²) >= 11 is 0. The summed E-state index contributed by atoms with van der Waals surface area (Å²) in [6.07, 6.45) is 1.03. The van der Waals surface area contributed by atoms with Gasteiger partial charge in [0.15, 0.2) is 5.78 Å². The first kappa shape index (κ1) is 23.4. The zero-order valence-electron chi connectivity index (χ0n) is 17.9. The van der Waals surface area contributed by atoms with E-state index >= 15 is 0 Å². The van der Waals surface area contributed by atoms with Crippen molar-refractivity contribution in [3.8, 4) is 0 Å². The zero-order chi connectivity index (χ0) is 22.7. The highest BCUT2D eigenvalue weighted by Gasteiger charge is 2.50. The summed E-state index contributed by atoms with van der Waals surface area (Å²) in [5.41, 5.74) is 0.510. The van der Waals surface area contributed by atoms with Gasteiger partial charge in [-0.3, -0.25) is 19.4 Å². The molecular weight excluding hydrogens is 393 g/mol. The number of amides is 1. The van der Waals surface area contributed by atoms with Gasteiger partial charge in [-0.25, -0.2) is 4.39 Å². The summed E-state index contributed by atoms with van der Waals surface area (Å²) < 4.78 is 12.8. The van der Waals surface area contributed by atoms with Gasteiger partial charge in [0.2, 0.25) is 5.60 Å². The van der Waals surface area contributed by atoms with Crippen LogP contribution in [0, 0.1) is 5.92 Å². The van der Waals surface area contributed by atoms with Crippen LogP contribution in [0.15, 0.2) is 23.5 Å². The van der Waals surface area contributed by atoms with Crippen LogP contribution >= 0.6 is 0 Å². The fourth-order valence-electron chi connectivity index (χ4n) is 3.13. The van der Waals surface area contributed by atoms with E-state index in [1.165, 1.54) is 0 Å². The molecule has 9 heteroatoms. The Hall–Kier alpha value is -2.84. The zero-order valence-corrected chi connectivity index (χ0v) is 17.9. The number of hydrogen-bond donors (Lipinski definition) is 2. The molecule has 1 aromatic heterocycles. The molecule has 2 rings (SSSR count). The number of alkyl halides is 1. The van der Waals surface area contributed by atoms with Crippen molar-refractivity contribution in [2.75, 3.05) is 6.67 Å². The standard InChI is InChI=1S/C21H28FN3O5/c1-12(2)21(19(29)24-15(9-18(27)28)17(26)11-22)10-16(25-30-21)14-8-13(6-7-23-14)20(3,4)5/h6-8,12,15H,9-11H2,1-5H3,(H,24,29)(H,27,28). The molecule has 0 spiro atoms. The minimum Gasteiger partial charge on any atom is -0.481 e. The van der Waals surface area contributed by atoms with Crippen LogP contribution < -0.4 is 5.32 Å². The average Bonchev–Trinajstić information content (AvgIpc) is 3.13. The van der Waals surface area contributed by atoms with Crippen LogP contribution in [-0.4, -0.2) is 51.8 Å². The van der Waals surface area contributed by atoms with Gasteiger partial charge in [-0.15, -0.1) is 0 Å². The molecule has 0 saturated carbocycles. The maximum atomic E-state index is 13.0. The Morgan fingerprint density at radius 2 is 2.00 bits per heavy atom. The van der Waals surface area contributed by atoms with Crippen molar-refractivity contribution >= 4 is 23.4 Å². The first-order chi connectivity index (χ1) is 13.9. The molecule has 2 unspecified atom stereocenters. The van der Waals surface area contributed by atoms with E-state index in [2.05, 4.69) is 36.2 Å². The normalized spacial score (nSPS) is 19.8. The molecule has 1 amide bonds. The van der Waals surface area contributed by atoms with Gasteiger partial charge in [0.1, 0.15) is 18.4 Å². The second kappa shape index (κ2) is 8.89. The van der Waals surface area contributed by atoms with Crippen LogP contribution in [0.5, 0.6) is 0 Å². The number of nitrogens with one attached hydrogen (secondary N) is 1. The number of halogens is 1. The van der Waals surface area contributed by atoms with Gasteiger partial charge in [-0.05, 0) is 23.1 Å². The highest BCUT2D eigenvalue weighted by molar-refractivity contribution is 6.05. The number of rotatable bonds is 8. The Morgan fingerprint density at radius 1 is 1.33 bits per heavy atom. The van der Waals surface area contributed by atoms with E-state index in [0.717, 1.165) is 5.56 Å². The van der Waals surface area contributed by atoms with Gasteiger partial charge < -0.3 is 15.3 Å². The lowest BCUT2D eigenvalue weighted by atomic mass is 9.83. The molecule has 0 saturated heterocycles. The molecule has 8 nitrogen and oxygen atoms in total. The number of carboxylic acid groups (broad SMARTS) is 1. The molecule has 2 heterocycles. The van der Waals surface area contributed by atoms with Gasteiger partial charge >= 0.3 is 5.97 Å². The van der Waals surface area contributed by atoms with Crippen LogP contribution in [0.2, 0.25) is 0 Å². The summed E-state index contributed by atoms with van der Waals surface area (Å²) in [4.78, 5) is 45.7. The van der Waals surface area contributed by atoms with Gasteiger partial charge in [-0.1, -0.05) is 39.8 Å². The van der Waals surface area contributed by atoms with E-state index in [1.54, 1.807) is 20.0 Å². The fourth-order valence-corrected chi connectivity index (χ4v) is 3.13. The molecule has 30 heavy (non-hydrogen) atoms. The van der Waals surface area contributed by atoms with Crippen molar-refractivity contribution < 1.29 is 28.7 Å². The maximum absolute atomic E-state index is 13.0. The van der Waals surface area contributed by atoms with Gasteiger partial charge in [0.05, 0.1) is 12.1 Å². The third kappa shape index (κ3) is 5.01. The molecule has 2 N–H and O–H groups in total. The van der Waals surface area contributed by atoms with Crippen molar-refractivity contribution in [3.05, 3.63) is 29.6 Å². The first-order valence-corrected chi connectivity index (χ1v) is 9.74. The fraction of sp³-hybridized carbons (Fsp3) is 0.571. The van der Waals surface area contributed by atoms with E-state index in [4.69, 9.17) is 9.94 Å². The number of oxime groups is 1. The molecule has 0 bridgehead atoms. The van der Waals surface area contributed by atoms with Crippen molar-refractivity contribution in [3.63, 3.8) is 0 Å². The summed E-state index contributed by atoms with van der Waals surface area (Å²) in [5, 5.41) is 15.4. The minimum atomic E-state index is -1.48. The second-order valence-corrected chi connectivity index (χ2v) is 8.75. The van der Waals surface area contributed by atoms with Crippen molar-refractivity contribution in [1.82, 2.24) is 10.3 Å². The van der Waals surface area contributed by atoms with Gasteiger partial charge in [-0.2, -0.15) is 0 Å². The number of aromatic nitrogens is 1. The number of nitrogens with zero attached hydrogens (tertiary/aromatic N) is 2. The van der Waals surface area contributed by atoms with Crippen LogP contribution in [0.1, 0.15) is 58.7 Å². The number of carbonyl (C=O) groups excluding carboxylic acids is 2. The van der Waals surface area contributed by atoms with Crippen LogP contribution in [-0.2, 0) is 24.6 Å². The maximum Gasteiger partial charge on any atom is 0.305 e. The minimum absolute atomic E-state index is 0.0840. The lowest BCUT2D eigenvalue weighted by molar-refractivity contribution is -0.152. The SMILES string of the molecule is CC(C)C1(C(=O)NC(CC(=O)O)C(=O)CF)CC(c2cc(C(C)(C)C)ccn2)=NO1. The van der Waals surface area contributed by atoms with Crippen molar-refractivity contribution in [2.45, 2.75) is 64.5 Å². The first-order valence-electron chi connectivity index (χ1n) is 9.74. The lowest BCUT2D eigenvalue weighted by Crippen LogP contribution is -2.55. The summed E-state index contributed by atoms with van der Waals surface area (Å²) in [7, 11) is 0. The molecule has 0 aromatic carbocycles. The van der Waals surface area contributed by atoms with Crippen LogP contribution in [0.4, 0.5) is 4.39 Å². The monoisotopic (exact) mass is 421 g/mol. The average molecular weight is 421 g/mol. The predicted octanol–water partition coefficient (Wildman–Crippen LogP) is 2.40. The van der Waals surface area contributed by atoms with Crippen molar-refractivity contribution in [1.29, 1.82) is 0 Å². The Labute approximate surface area is 174 Å². The lowest BCUT2D eigenvalue weighted by Gasteiger charge is -2.30. The van der Waals surface area contributed by atoms with Crippen molar-refractivity contribution in [2.24, 2.45) is 11.1 Å². The Morgan fingerprint density at radius 3 is 2.53 bits per heavy atom. The molecule has 1 aromatic rings. The topological polar surface area (TPSA) is 118 Å². The smallest absolute Gasteiger partial charge is 0.305 e. The molecule has 1 aliphatic heterocycles. The molecule has 0 fully saturated rings. The number of carboxylic acids is 1. The molecule has 0 radical (unpaired) electrons. The Bertz CT molecular complexity index is 862. The number of Topliss-reactive ketones (excluding diaryl/α,β-unsaturated/α-hetero) is 1. The summed E-state index contributed by atoms with van der Waals surface area (Å²) in [5.74, 6) is -3.41. The largest absolute Gasteiger partial charge is 0.481 e. The third-order valence-corrected chi connectivity index (χ3v) is 5.19. The second-order valence-electron chi connectivity index (χ2n) is 8.75. The highest BCUT2D eigenvalue weighted by atomic mass is 19.1. The highest BCUT2D eigenvalue weighted by Crippen LogP contribution is 2.34. The Kier molecular flexibility index (Phi) is 6.95. The molecule has 2 atom stereocenters. The number of pyridine rings is 1. The number of ketones is 1. The van der Waals surface area contributed by atoms with E-state index in [-0.39, 0.29) is 17.8 Å². The van der Waals surface area contributed by atoms with E-state index < -0.39 is 42.4 Å². The summed E-state index contributed by atoms with van der Waals surface area (Å²) in [6.45, 7) is 8.32.